The molecule has 0 bridgehead atoms. The Hall–Kier alpha value is -1.35. The van der Waals surface area contributed by atoms with Crippen LogP contribution in [0.25, 0.3) is 6.08 Å². The summed E-state index contributed by atoms with van der Waals surface area (Å²) in [6.07, 6.45) is 3.62. The van der Waals surface area contributed by atoms with E-state index in [-0.39, 0.29) is 11.6 Å². The van der Waals surface area contributed by atoms with Crippen molar-refractivity contribution in [2.24, 2.45) is 5.73 Å². The zero-order valence-corrected chi connectivity index (χ0v) is 7.46. The molecule has 1 rings (SSSR count). The van der Waals surface area contributed by atoms with Gasteiger partial charge in [-0.25, -0.2) is 4.39 Å². The number of nitrogens with two attached hydrogens (primary N) is 1. The van der Waals surface area contributed by atoms with Gasteiger partial charge in [-0.1, -0.05) is 18.2 Å². The molecule has 3 heteroatoms. The van der Waals surface area contributed by atoms with Gasteiger partial charge in [-0.2, -0.15) is 0 Å². The van der Waals surface area contributed by atoms with E-state index in [2.05, 4.69) is 0 Å². The lowest BCUT2D eigenvalue weighted by atomic mass is 10.2. The molecule has 2 N–H and O–H groups in total. The molecule has 13 heavy (non-hydrogen) atoms. The van der Waals surface area contributed by atoms with E-state index < -0.39 is 0 Å². The average molecular weight is 181 g/mol. The standard InChI is InChI=1S/C10H12FNO/c1-13-10-7-8(3-2-6-12)4-5-9(10)11/h2-5,7H,6,12H2,1H3/b3-2+. The fourth-order valence-corrected chi connectivity index (χ4v) is 0.984. The van der Waals surface area contributed by atoms with E-state index in [4.69, 9.17) is 10.5 Å². The maximum Gasteiger partial charge on any atom is 0.165 e. The summed E-state index contributed by atoms with van der Waals surface area (Å²) >= 11 is 0. The van der Waals surface area contributed by atoms with Gasteiger partial charge in [0.15, 0.2) is 11.6 Å². The highest BCUT2D eigenvalue weighted by atomic mass is 19.1. The summed E-state index contributed by atoms with van der Waals surface area (Å²) in [7, 11) is 1.44. The van der Waals surface area contributed by atoms with Gasteiger partial charge in [0, 0.05) is 6.54 Å². The van der Waals surface area contributed by atoms with Crippen LogP contribution in [0.15, 0.2) is 24.3 Å². The molecule has 0 amide bonds. The first-order valence-electron chi connectivity index (χ1n) is 3.98. The second-order valence-corrected chi connectivity index (χ2v) is 2.53. The Morgan fingerprint density at radius 1 is 1.54 bits per heavy atom. The SMILES string of the molecule is COc1cc(/C=C/CN)ccc1F. The van der Waals surface area contributed by atoms with Crippen molar-refractivity contribution >= 4 is 6.08 Å². The van der Waals surface area contributed by atoms with Crippen LogP contribution in [0.2, 0.25) is 0 Å². The number of methoxy groups -OCH3 is 1. The van der Waals surface area contributed by atoms with E-state index in [0.29, 0.717) is 6.54 Å². The Labute approximate surface area is 76.8 Å². The molecule has 0 heterocycles. The topological polar surface area (TPSA) is 35.2 Å². The average Bonchev–Trinajstić information content (AvgIpc) is 2.16. The van der Waals surface area contributed by atoms with Gasteiger partial charge in [0.1, 0.15) is 0 Å². The van der Waals surface area contributed by atoms with Crippen molar-refractivity contribution in [2.75, 3.05) is 13.7 Å². The molecule has 0 aliphatic rings. The van der Waals surface area contributed by atoms with Crippen molar-refractivity contribution in [3.63, 3.8) is 0 Å². The second-order valence-electron chi connectivity index (χ2n) is 2.53. The van der Waals surface area contributed by atoms with Crippen molar-refractivity contribution in [3.8, 4) is 5.75 Å². The zero-order chi connectivity index (χ0) is 9.68. The van der Waals surface area contributed by atoms with Crippen molar-refractivity contribution in [3.05, 3.63) is 35.7 Å². The van der Waals surface area contributed by atoms with Crippen molar-refractivity contribution in [1.82, 2.24) is 0 Å². The largest absolute Gasteiger partial charge is 0.494 e. The predicted octanol–water partition coefficient (Wildman–Crippen LogP) is 1.81. The van der Waals surface area contributed by atoms with Crippen LogP contribution in [0.1, 0.15) is 5.56 Å². The van der Waals surface area contributed by atoms with Crippen LogP contribution in [0.3, 0.4) is 0 Å². The fourth-order valence-electron chi connectivity index (χ4n) is 0.984. The number of benzene rings is 1. The molecule has 1 aromatic carbocycles. The molecule has 0 spiro atoms. The lowest BCUT2D eigenvalue weighted by Gasteiger charge is -2.01. The molecule has 0 aliphatic carbocycles. The molecule has 0 unspecified atom stereocenters. The predicted molar refractivity (Wildman–Crippen MR) is 51.0 cm³/mol. The van der Waals surface area contributed by atoms with Gasteiger partial charge in [-0.3, -0.25) is 0 Å². The molecule has 0 fully saturated rings. The van der Waals surface area contributed by atoms with E-state index in [1.165, 1.54) is 13.2 Å². The van der Waals surface area contributed by atoms with E-state index in [9.17, 15) is 4.39 Å². The molecule has 0 radical (unpaired) electrons. The van der Waals surface area contributed by atoms with Crippen LogP contribution in [-0.4, -0.2) is 13.7 Å². The molecule has 0 saturated carbocycles. The van der Waals surface area contributed by atoms with Gasteiger partial charge < -0.3 is 10.5 Å². The number of hydrogen-bond acceptors (Lipinski definition) is 2. The third-order valence-corrected chi connectivity index (χ3v) is 1.62. The summed E-state index contributed by atoms with van der Waals surface area (Å²) in [6, 6.07) is 4.67. The molecular formula is C10H12FNO. The van der Waals surface area contributed by atoms with Crippen molar-refractivity contribution in [2.45, 2.75) is 0 Å². The first-order chi connectivity index (χ1) is 6.27. The van der Waals surface area contributed by atoms with Gasteiger partial charge >= 0.3 is 0 Å². The lowest BCUT2D eigenvalue weighted by molar-refractivity contribution is 0.386. The Balaban J connectivity index is 2.92. The first-order valence-corrected chi connectivity index (χ1v) is 3.98. The van der Waals surface area contributed by atoms with Crippen molar-refractivity contribution in [1.29, 1.82) is 0 Å². The summed E-state index contributed by atoms with van der Waals surface area (Å²) in [5.74, 6) is -0.105. The summed E-state index contributed by atoms with van der Waals surface area (Å²) in [6.45, 7) is 0.472. The normalized spacial score (nSPS) is 10.7. The Bertz CT molecular complexity index is 310. The summed E-state index contributed by atoms with van der Waals surface area (Å²) < 4.78 is 17.7. The number of rotatable bonds is 3. The Morgan fingerprint density at radius 3 is 2.92 bits per heavy atom. The smallest absolute Gasteiger partial charge is 0.165 e. The van der Waals surface area contributed by atoms with E-state index in [1.54, 1.807) is 18.2 Å². The minimum absolute atomic E-state index is 0.249. The number of hydrogen-bond donors (Lipinski definition) is 1. The molecule has 0 saturated heterocycles. The highest BCUT2D eigenvalue weighted by Crippen LogP contribution is 2.18. The second kappa shape index (κ2) is 4.62. The van der Waals surface area contributed by atoms with Crippen LogP contribution in [0, 0.1) is 5.82 Å². The Morgan fingerprint density at radius 2 is 2.31 bits per heavy atom. The maximum absolute atomic E-state index is 12.9. The summed E-state index contributed by atoms with van der Waals surface area (Å²) in [5.41, 5.74) is 6.16. The van der Waals surface area contributed by atoms with Crippen LogP contribution >= 0.6 is 0 Å². The fraction of sp³-hybridized carbons (Fsp3) is 0.200. The van der Waals surface area contributed by atoms with Gasteiger partial charge in [-0.05, 0) is 17.7 Å². The maximum atomic E-state index is 12.9. The highest BCUT2D eigenvalue weighted by molar-refractivity contribution is 5.52. The van der Waals surface area contributed by atoms with Crippen LogP contribution in [0.5, 0.6) is 5.75 Å². The monoisotopic (exact) mass is 181 g/mol. The number of ether oxygens (including phenoxy) is 1. The minimum Gasteiger partial charge on any atom is -0.494 e. The lowest BCUT2D eigenvalue weighted by Crippen LogP contribution is -1.92. The molecule has 70 valence electrons. The van der Waals surface area contributed by atoms with Crippen molar-refractivity contribution < 1.29 is 9.13 Å². The summed E-state index contributed by atoms with van der Waals surface area (Å²) in [5, 5.41) is 0. The zero-order valence-electron chi connectivity index (χ0n) is 7.46. The van der Waals surface area contributed by atoms with Gasteiger partial charge in [-0.15, -0.1) is 0 Å². The highest BCUT2D eigenvalue weighted by Gasteiger charge is 2.00. The summed E-state index contributed by atoms with van der Waals surface area (Å²) in [4.78, 5) is 0. The Kier molecular flexibility index (Phi) is 3.46. The van der Waals surface area contributed by atoms with Crippen LogP contribution < -0.4 is 10.5 Å². The molecule has 0 aliphatic heterocycles. The van der Waals surface area contributed by atoms with E-state index >= 15 is 0 Å². The van der Waals surface area contributed by atoms with Crippen LogP contribution in [0.4, 0.5) is 4.39 Å². The van der Waals surface area contributed by atoms with Gasteiger partial charge in [0.25, 0.3) is 0 Å². The van der Waals surface area contributed by atoms with E-state index in [1.807, 2.05) is 6.08 Å². The first kappa shape index (κ1) is 9.74. The van der Waals surface area contributed by atoms with E-state index in [0.717, 1.165) is 5.56 Å². The quantitative estimate of drug-likeness (QED) is 0.771. The number of halogens is 1. The molecular weight excluding hydrogens is 169 g/mol. The third-order valence-electron chi connectivity index (χ3n) is 1.62. The molecule has 2 nitrogen and oxygen atoms in total. The minimum atomic E-state index is -0.354. The molecule has 0 aromatic heterocycles. The van der Waals surface area contributed by atoms with Crippen LogP contribution in [-0.2, 0) is 0 Å². The third kappa shape index (κ3) is 2.56. The van der Waals surface area contributed by atoms with Gasteiger partial charge in [0.05, 0.1) is 7.11 Å². The molecule has 1 aromatic rings. The molecule has 0 atom stereocenters. The van der Waals surface area contributed by atoms with Gasteiger partial charge in [0.2, 0.25) is 0 Å².